The molecule has 0 amide bonds. The van der Waals surface area contributed by atoms with E-state index in [1.54, 1.807) is 12.3 Å². The summed E-state index contributed by atoms with van der Waals surface area (Å²) in [7, 11) is 0. The molecule has 6 nitrogen and oxygen atoms in total. The minimum atomic E-state index is -0.192. The summed E-state index contributed by atoms with van der Waals surface area (Å²) in [6.45, 7) is 6.32. The number of aryl methyl sites for hydroxylation is 1. The molecule has 3 aromatic rings. The van der Waals surface area contributed by atoms with Gasteiger partial charge in [0.1, 0.15) is 17.2 Å². The predicted molar refractivity (Wildman–Crippen MR) is 89.6 cm³/mol. The number of hydrogen-bond donors (Lipinski definition) is 0. The second kappa shape index (κ2) is 6.04. The molecule has 2 heterocycles. The fourth-order valence-electron chi connectivity index (χ4n) is 2.42. The van der Waals surface area contributed by atoms with Crippen LogP contribution >= 0.6 is 11.6 Å². The van der Waals surface area contributed by atoms with Crippen molar-refractivity contribution >= 4 is 22.4 Å². The first-order chi connectivity index (χ1) is 11.0. The van der Waals surface area contributed by atoms with Crippen LogP contribution in [-0.2, 0) is 6.54 Å². The second-order valence-electron chi connectivity index (χ2n) is 5.42. The lowest BCUT2D eigenvalue weighted by Crippen LogP contribution is -2.23. The van der Waals surface area contributed by atoms with E-state index in [0.29, 0.717) is 23.1 Å². The van der Waals surface area contributed by atoms with Gasteiger partial charge in [0.05, 0.1) is 17.2 Å². The third-order valence-corrected chi connectivity index (χ3v) is 3.73. The minimum absolute atomic E-state index is 0.0327. The molecule has 0 aliphatic heterocycles. The zero-order chi connectivity index (χ0) is 16.6. The molecule has 0 saturated heterocycles. The molecule has 0 fully saturated rings. The zero-order valence-electron chi connectivity index (χ0n) is 13.2. The maximum Gasteiger partial charge on any atom is 0.350 e. The number of fused-ring (bicyclic) bond motifs is 1. The average molecular weight is 333 g/mol. The number of benzene rings is 1. The molecule has 23 heavy (non-hydrogen) atoms. The van der Waals surface area contributed by atoms with Gasteiger partial charge < -0.3 is 4.74 Å². The van der Waals surface area contributed by atoms with E-state index >= 15 is 0 Å². The molecule has 2 aromatic heterocycles. The van der Waals surface area contributed by atoms with Crippen LogP contribution in [0.1, 0.15) is 20.8 Å². The predicted octanol–water partition coefficient (Wildman–Crippen LogP) is 3.04. The zero-order valence-corrected chi connectivity index (χ0v) is 13.9. The second-order valence-corrected chi connectivity index (χ2v) is 5.78. The Hall–Kier alpha value is -2.34. The highest BCUT2D eigenvalue weighted by Gasteiger charge is 2.14. The number of hydrogen-bond acceptors (Lipinski definition) is 4. The lowest BCUT2D eigenvalue weighted by molar-refractivity contribution is 0.245. The number of rotatable bonds is 4. The third-order valence-electron chi connectivity index (χ3n) is 3.45. The van der Waals surface area contributed by atoms with Crippen LogP contribution in [0.25, 0.3) is 16.5 Å². The Bertz CT molecular complexity index is 914. The lowest BCUT2D eigenvalue weighted by atomic mass is 10.1. The van der Waals surface area contributed by atoms with Crippen molar-refractivity contribution in [1.29, 1.82) is 0 Å². The molecule has 120 valence electrons. The van der Waals surface area contributed by atoms with Crippen molar-refractivity contribution in [2.45, 2.75) is 33.4 Å². The lowest BCUT2D eigenvalue weighted by Gasteiger charge is -2.14. The molecule has 0 unspecified atom stereocenters. The van der Waals surface area contributed by atoms with Gasteiger partial charge in [0.2, 0.25) is 0 Å². The maximum atomic E-state index is 12.3. The van der Waals surface area contributed by atoms with Crippen LogP contribution < -0.4 is 10.4 Å². The monoisotopic (exact) mass is 332 g/mol. The normalized spacial score (nSPS) is 11.3. The highest BCUT2D eigenvalue weighted by molar-refractivity contribution is 6.34. The van der Waals surface area contributed by atoms with Crippen LogP contribution in [0.15, 0.2) is 35.5 Å². The Balaban J connectivity index is 2.26. The number of aromatic nitrogens is 4. The van der Waals surface area contributed by atoms with E-state index in [4.69, 9.17) is 16.3 Å². The van der Waals surface area contributed by atoms with Crippen LogP contribution in [0, 0.1) is 0 Å². The largest absolute Gasteiger partial charge is 0.490 e. The van der Waals surface area contributed by atoms with Crippen molar-refractivity contribution < 1.29 is 4.74 Å². The van der Waals surface area contributed by atoms with Crippen molar-refractivity contribution in [3.63, 3.8) is 0 Å². The Kier molecular flexibility index (Phi) is 4.09. The summed E-state index contributed by atoms with van der Waals surface area (Å²) < 4.78 is 8.76. The minimum Gasteiger partial charge on any atom is -0.490 e. The molecule has 0 spiro atoms. The molecule has 1 aromatic carbocycles. The molecule has 0 bridgehead atoms. The van der Waals surface area contributed by atoms with Crippen molar-refractivity contribution in [3.05, 3.63) is 46.4 Å². The summed E-state index contributed by atoms with van der Waals surface area (Å²) in [6, 6.07) is 5.45. The van der Waals surface area contributed by atoms with Crippen LogP contribution in [0.2, 0.25) is 5.15 Å². The summed E-state index contributed by atoms with van der Waals surface area (Å²) in [5, 5.41) is 6.12. The topological polar surface area (TPSA) is 61.9 Å². The van der Waals surface area contributed by atoms with E-state index in [9.17, 15) is 4.79 Å². The van der Waals surface area contributed by atoms with Gasteiger partial charge in [0, 0.05) is 18.8 Å². The van der Waals surface area contributed by atoms with Crippen LogP contribution in [0.5, 0.6) is 5.75 Å². The molecule has 7 heteroatoms. The summed E-state index contributed by atoms with van der Waals surface area (Å²) in [6.07, 6.45) is 3.12. The van der Waals surface area contributed by atoms with E-state index < -0.39 is 0 Å². The van der Waals surface area contributed by atoms with Crippen molar-refractivity contribution in [1.82, 2.24) is 19.3 Å². The van der Waals surface area contributed by atoms with E-state index in [1.807, 2.05) is 32.9 Å². The first-order valence-corrected chi connectivity index (χ1v) is 7.78. The van der Waals surface area contributed by atoms with E-state index in [0.717, 1.165) is 10.8 Å². The van der Waals surface area contributed by atoms with Gasteiger partial charge in [-0.2, -0.15) is 9.78 Å². The van der Waals surface area contributed by atoms with Gasteiger partial charge in [-0.05, 0) is 38.3 Å². The summed E-state index contributed by atoms with van der Waals surface area (Å²) in [4.78, 5) is 16.4. The molecule has 0 N–H and O–H groups in total. The SMILES string of the molecule is CCn1cnn(-c2cc(OC(C)C)c3c(Cl)nccc3c2)c1=O. The fourth-order valence-corrected chi connectivity index (χ4v) is 2.68. The van der Waals surface area contributed by atoms with Crippen LogP contribution in [0.4, 0.5) is 0 Å². The van der Waals surface area contributed by atoms with Crippen LogP contribution in [0.3, 0.4) is 0 Å². The summed E-state index contributed by atoms with van der Waals surface area (Å²) in [5.41, 5.74) is 0.440. The molecule has 0 aliphatic rings. The Morgan fingerprint density at radius 1 is 1.35 bits per heavy atom. The van der Waals surface area contributed by atoms with Gasteiger partial charge >= 0.3 is 5.69 Å². The van der Waals surface area contributed by atoms with Gasteiger partial charge in [0.25, 0.3) is 0 Å². The van der Waals surface area contributed by atoms with Crippen molar-refractivity contribution in [3.8, 4) is 11.4 Å². The van der Waals surface area contributed by atoms with Gasteiger partial charge in [-0.15, -0.1) is 0 Å². The number of halogens is 1. The molecule has 3 rings (SSSR count). The Morgan fingerprint density at radius 2 is 2.13 bits per heavy atom. The van der Waals surface area contributed by atoms with Crippen molar-refractivity contribution in [2.24, 2.45) is 0 Å². The van der Waals surface area contributed by atoms with Crippen molar-refractivity contribution in [2.75, 3.05) is 0 Å². The molecular weight excluding hydrogens is 316 g/mol. The Morgan fingerprint density at radius 3 is 2.78 bits per heavy atom. The molecule has 0 aliphatic carbocycles. The molecule has 0 radical (unpaired) electrons. The van der Waals surface area contributed by atoms with Gasteiger partial charge in [0.15, 0.2) is 0 Å². The third kappa shape index (κ3) is 2.82. The quantitative estimate of drug-likeness (QED) is 0.689. The Labute approximate surface area is 138 Å². The van der Waals surface area contributed by atoms with E-state index in [-0.39, 0.29) is 11.8 Å². The highest BCUT2D eigenvalue weighted by Crippen LogP contribution is 2.33. The first-order valence-electron chi connectivity index (χ1n) is 7.41. The van der Waals surface area contributed by atoms with E-state index in [2.05, 4.69) is 10.1 Å². The molecule has 0 atom stereocenters. The number of nitrogens with zero attached hydrogens (tertiary/aromatic N) is 4. The standard InChI is InChI=1S/C16H17ClN4O2/c1-4-20-9-19-21(16(20)22)12-7-11-5-6-18-15(17)14(11)13(8-12)23-10(2)3/h5-10H,4H2,1-3H3. The highest BCUT2D eigenvalue weighted by atomic mass is 35.5. The fraction of sp³-hybridized carbons (Fsp3) is 0.312. The van der Waals surface area contributed by atoms with Gasteiger partial charge in [-0.1, -0.05) is 11.6 Å². The van der Waals surface area contributed by atoms with Crippen LogP contribution in [-0.4, -0.2) is 25.4 Å². The average Bonchev–Trinajstić information content (AvgIpc) is 2.87. The number of pyridine rings is 1. The smallest absolute Gasteiger partial charge is 0.350 e. The van der Waals surface area contributed by atoms with Gasteiger partial charge in [-0.25, -0.2) is 9.78 Å². The van der Waals surface area contributed by atoms with E-state index in [1.165, 1.54) is 15.6 Å². The maximum absolute atomic E-state index is 12.3. The van der Waals surface area contributed by atoms with Gasteiger partial charge in [-0.3, -0.25) is 4.57 Å². The number of ether oxygens (including phenoxy) is 1. The molecule has 0 saturated carbocycles. The summed E-state index contributed by atoms with van der Waals surface area (Å²) in [5.74, 6) is 0.587. The molecular formula is C16H17ClN4O2. The first kappa shape index (κ1) is 15.6. The summed E-state index contributed by atoms with van der Waals surface area (Å²) >= 11 is 6.22.